The number of benzene rings is 1. The number of likely N-dealkylation sites (tertiary alicyclic amines) is 1. The van der Waals surface area contributed by atoms with Crippen LogP contribution in [0.5, 0.6) is 5.75 Å². The third-order valence-electron chi connectivity index (χ3n) is 3.22. The Morgan fingerprint density at radius 2 is 2.24 bits per heavy atom. The van der Waals surface area contributed by atoms with Crippen LogP contribution in [-0.4, -0.2) is 38.2 Å². The zero-order valence-electron chi connectivity index (χ0n) is 10.6. The Balaban J connectivity index is 2.19. The van der Waals surface area contributed by atoms with Gasteiger partial charge in [-0.2, -0.15) is 0 Å². The molecule has 1 fully saturated rings. The van der Waals surface area contributed by atoms with E-state index in [1.807, 2.05) is 6.07 Å². The predicted molar refractivity (Wildman–Crippen MR) is 75.0 cm³/mol. The molecular weight excluding hydrogens is 280 g/mol. The highest BCUT2D eigenvalue weighted by Gasteiger charge is 2.21. The zero-order chi connectivity index (χ0) is 12.4. The van der Waals surface area contributed by atoms with Crippen LogP contribution < -0.4 is 10.1 Å². The van der Waals surface area contributed by atoms with Crippen LogP contribution in [0, 0.1) is 6.92 Å². The molecule has 1 aromatic rings. The minimum absolute atomic E-state index is 0.522. The molecule has 17 heavy (non-hydrogen) atoms. The molecule has 0 aromatic heterocycles. The van der Waals surface area contributed by atoms with Gasteiger partial charge in [0.15, 0.2) is 0 Å². The van der Waals surface area contributed by atoms with Crippen LogP contribution in [0.15, 0.2) is 16.6 Å². The van der Waals surface area contributed by atoms with Gasteiger partial charge in [0.25, 0.3) is 0 Å². The maximum Gasteiger partial charge on any atom is 0.143 e. The number of nitrogens with zero attached hydrogens (tertiary/aromatic N) is 1. The van der Waals surface area contributed by atoms with E-state index in [0.29, 0.717) is 6.04 Å². The Morgan fingerprint density at radius 3 is 2.82 bits per heavy atom. The Kier molecular flexibility index (Phi) is 3.94. The molecule has 1 saturated heterocycles. The Bertz CT molecular complexity index is 409. The summed E-state index contributed by atoms with van der Waals surface area (Å²) in [5.74, 6) is 0.909. The minimum atomic E-state index is 0.522. The number of aryl methyl sites for hydroxylation is 1. The average molecular weight is 299 g/mol. The van der Waals surface area contributed by atoms with Gasteiger partial charge in [0.2, 0.25) is 0 Å². The largest absolute Gasteiger partial charge is 0.495 e. The summed E-state index contributed by atoms with van der Waals surface area (Å²) in [4.78, 5) is 2.35. The smallest absolute Gasteiger partial charge is 0.143 e. The first-order valence-electron chi connectivity index (χ1n) is 5.89. The molecule has 4 heteroatoms. The van der Waals surface area contributed by atoms with Crippen molar-refractivity contribution in [1.82, 2.24) is 4.90 Å². The lowest BCUT2D eigenvalue weighted by Crippen LogP contribution is -2.24. The van der Waals surface area contributed by atoms with Crippen LogP contribution in [-0.2, 0) is 0 Å². The van der Waals surface area contributed by atoms with Crippen molar-refractivity contribution < 1.29 is 4.74 Å². The van der Waals surface area contributed by atoms with E-state index in [-0.39, 0.29) is 0 Å². The summed E-state index contributed by atoms with van der Waals surface area (Å²) < 4.78 is 6.49. The van der Waals surface area contributed by atoms with Gasteiger partial charge in [0, 0.05) is 17.1 Å². The van der Waals surface area contributed by atoms with Crippen molar-refractivity contribution >= 4 is 21.6 Å². The van der Waals surface area contributed by atoms with Crippen LogP contribution in [0.1, 0.15) is 12.0 Å². The van der Waals surface area contributed by atoms with Gasteiger partial charge < -0.3 is 15.0 Å². The van der Waals surface area contributed by atoms with Crippen molar-refractivity contribution in [3.63, 3.8) is 0 Å². The van der Waals surface area contributed by atoms with Crippen molar-refractivity contribution in [3.8, 4) is 5.75 Å². The van der Waals surface area contributed by atoms with Crippen molar-refractivity contribution in [2.24, 2.45) is 0 Å². The lowest BCUT2D eigenvalue weighted by molar-refractivity contribution is 0.410. The number of ether oxygens (including phenoxy) is 1. The second kappa shape index (κ2) is 5.27. The average Bonchev–Trinajstić information content (AvgIpc) is 2.67. The van der Waals surface area contributed by atoms with Gasteiger partial charge in [-0.3, -0.25) is 0 Å². The fourth-order valence-corrected chi connectivity index (χ4v) is 2.87. The molecular formula is C13H19BrN2O. The van der Waals surface area contributed by atoms with Gasteiger partial charge in [0.1, 0.15) is 5.75 Å². The van der Waals surface area contributed by atoms with Gasteiger partial charge in [-0.25, -0.2) is 0 Å². The molecule has 1 aromatic carbocycles. The molecule has 0 amide bonds. The summed E-state index contributed by atoms with van der Waals surface area (Å²) >= 11 is 3.49. The highest BCUT2D eigenvalue weighted by atomic mass is 79.9. The Labute approximate surface area is 111 Å². The summed E-state index contributed by atoms with van der Waals surface area (Å²) in [6.07, 6.45) is 1.19. The van der Waals surface area contributed by atoms with Gasteiger partial charge >= 0.3 is 0 Å². The molecule has 1 N–H and O–H groups in total. The lowest BCUT2D eigenvalue weighted by atomic mass is 10.1. The van der Waals surface area contributed by atoms with E-state index >= 15 is 0 Å². The number of anilines is 1. The Hall–Kier alpha value is -0.740. The first-order chi connectivity index (χ1) is 8.10. The zero-order valence-corrected chi connectivity index (χ0v) is 12.2. The molecule has 1 atom stereocenters. The highest BCUT2D eigenvalue weighted by molar-refractivity contribution is 9.10. The lowest BCUT2D eigenvalue weighted by Gasteiger charge is -2.19. The van der Waals surface area contributed by atoms with E-state index in [9.17, 15) is 0 Å². The molecule has 3 nitrogen and oxygen atoms in total. The van der Waals surface area contributed by atoms with Gasteiger partial charge in [-0.1, -0.05) is 15.9 Å². The van der Waals surface area contributed by atoms with Gasteiger partial charge in [-0.05, 0) is 44.6 Å². The van der Waals surface area contributed by atoms with Crippen LogP contribution >= 0.6 is 15.9 Å². The van der Waals surface area contributed by atoms with Gasteiger partial charge in [-0.15, -0.1) is 0 Å². The van der Waals surface area contributed by atoms with Crippen molar-refractivity contribution in [1.29, 1.82) is 0 Å². The Morgan fingerprint density at radius 1 is 1.47 bits per heavy atom. The first-order valence-corrected chi connectivity index (χ1v) is 6.68. The summed E-state index contributed by atoms with van der Waals surface area (Å²) in [6, 6.07) is 4.64. The molecule has 0 saturated carbocycles. The van der Waals surface area contributed by atoms with E-state index < -0.39 is 0 Å². The van der Waals surface area contributed by atoms with Crippen molar-refractivity contribution in [2.45, 2.75) is 19.4 Å². The molecule has 94 valence electrons. The van der Waals surface area contributed by atoms with E-state index in [1.165, 1.54) is 12.0 Å². The molecule has 2 rings (SSSR count). The fourth-order valence-electron chi connectivity index (χ4n) is 2.32. The van der Waals surface area contributed by atoms with E-state index in [4.69, 9.17) is 4.74 Å². The van der Waals surface area contributed by atoms with E-state index in [1.54, 1.807) is 7.11 Å². The molecule has 0 radical (unpaired) electrons. The maximum absolute atomic E-state index is 5.44. The first kappa shape index (κ1) is 12.7. The molecule has 0 spiro atoms. The maximum atomic E-state index is 5.44. The third kappa shape index (κ3) is 2.93. The fraction of sp³-hybridized carbons (Fsp3) is 0.538. The van der Waals surface area contributed by atoms with Crippen molar-refractivity contribution in [2.75, 3.05) is 32.6 Å². The van der Waals surface area contributed by atoms with Crippen molar-refractivity contribution in [3.05, 3.63) is 22.2 Å². The van der Waals surface area contributed by atoms with Gasteiger partial charge in [0.05, 0.1) is 12.8 Å². The summed E-state index contributed by atoms with van der Waals surface area (Å²) in [5.41, 5.74) is 2.33. The molecule has 1 unspecified atom stereocenters. The number of nitrogens with one attached hydrogen (secondary N) is 1. The third-order valence-corrected chi connectivity index (χ3v) is 3.68. The molecule has 1 aliphatic rings. The molecule has 1 heterocycles. The van der Waals surface area contributed by atoms with Crippen LogP contribution in [0.4, 0.5) is 5.69 Å². The standard InChI is InChI=1S/C13H19BrN2O/c1-9-6-10(14)7-12(17-3)13(9)15-11-4-5-16(2)8-11/h6-7,11,15H,4-5,8H2,1-3H3. The summed E-state index contributed by atoms with van der Waals surface area (Å²) in [5, 5.41) is 3.60. The molecule has 0 bridgehead atoms. The SMILES string of the molecule is COc1cc(Br)cc(C)c1NC1CCN(C)C1. The highest BCUT2D eigenvalue weighted by Crippen LogP contribution is 2.33. The topological polar surface area (TPSA) is 24.5 Å². The number of halogens is 1. The second-order valence-electron chi connectivity index (χ2n) is 4.69. The number of hydrogen-bond acceptors (Lipinski definition) is 3. The normalized spacial score (nSPS) is 20.6. The monoisotopic (exact) mass is 298 g/mol. The second-order valence-corrected chi connectivity index (χ2v) is 5.61. The number of likely N-dealkylation sites (N-methyl/N-ethyl adjacent to an activating group) is 1. The predicted octanol–water partition coefficient (Wildman–Crippen LogP) is 2.88. The number of hydrogen-bond donors (Lipinski definition) is 1. The van der Waals surface area contributed by atoms with Crippen LogP contribution in [0.25, 0.3) is 0 Å². The minimum Gasteiger partial charge on any atom is -0.495 e. The molecule has 1 aliphatic heterocycles. The summed E-state index contributed by atoms with van der Waals surface area (Å²) in [7, 11) is 3.88. The van der Waals surface area contributed by atoms with Crippen LogP contribution in [0.2, 0.25) is 0 Å². The van der Waals surface area contributed by atoms with E-state index in [0.717, 1.165) is 29.0 Å². The quantitative estimate of drug-likeness (QED) is 0.929. The molecule has 0 aliphatic carbocycles. The number of methoxy groups -OCH3 is 1. The van der Waals surface area contributed by atoms with E-state index in [2.05, 4.69) is 46.2 Å². The summed E-state index contributed by atoms with van der Waals surface area (Å²) in [6.45, 7) is 4.36. The van der Waals surface area contributed by atoms with Crippen LogP contribution in [0.3, 0.4) is 0 Å². The number of rotatable bonds is 3.